The fourth-order valence-corrected chi connectivity index (χ4v) is 1.51. The van der Waals surface area contributed by atoms with Crippen LogP contribution < -0.4 is 5.73 Å². The van der Waals surface area contributed by atoms with Crippen molar-refractivity contribution in [3.8, 4) is 0 Å². The minimum atomic E-state index is -1.53. The Bertz CT molecular complexity index is 384. The molecule has 0 saturated heterocycles. The average molecular weight is 288 g/mol. The second kappa shape index (κ2) is 8.15. The fraction of sp³-hybridized carbons (Fsp3) is 0.500. The third-order valence-corrected chi connectivity index (χ3v) is 2.38. The highest BCUT2D eigenvalue weighted by molar-refractivity contribution is 5.85. The van der Waals surface area contributed by atoms with Crippen LogP contribution in [0.5, 0.6) is 0 Å². The molecule has 0 saturated carbocycles. The van der Waals surface area contributed by atoms with Crippen molar-refractivity contribution in [2.24, 2.45) is 5.73 Å². The molecule has 0 aliphatic heterocycles. The van der Waals surface area contributed by atoms with E-state index >= 15 is 0 Å². The highest BCUT2D eigenvalue weighted by Gasteiger charge is 2.39. The number of nitrogens with two attached hydrogens (primary N) is 1. The molecule has 1 atom stereocenters. The van der Waals surface area contributed by atoms with Crippen LogP contribution >= 0.6 is 12.4 Å². The molecular formula is C14H22ClNO3. The first-order chi connectivity index (χ1) is 8.50. The third-order valence-electron chi connectivity index (χ3n) is 2.38. The van der Waals surface area contributed by atoms with E-state index < -0.39 is 11.7 Å². The minimum Gasteiger partial charge on any atom is -0.460 e. The van der Waals surface area contributed by atoms with Gasteiger partial charge in [-0.05, 0) is 20.3 Å². The lowest BCUT2D eigenvalue weighted by atomic mass is 10.0. The van der Waals surface area contributed by atoms with Crippen LogP contribution in [0.25, 0.3) is 0 Å². The zero-order valence-electron chi connectivity index (χ0n) is 11.6. The Morgan fingerprint density at radius 3 is 2.37 bits per heavy atom. The summed E-state index contributed by atoms with van der Waals surface area (Å²) in [6.07, 6.45) is 0.551. The van der Waals surface area contributed by atoms with Gasteiger partial charge >= 0.3 is 5.97 Å². The van der Waals surface area contributed by atoms with E-state index in [-0.39, 0.29) is 18.5 Å². The van der Waals surface area contributed by atoms with Crippen molar-refractivity contribution >= 4 is 18.4 Å². The topological polar surface area (TPSA) is 61.5 Å². The Labute approximate surface area is 120 Å². The van der Waals surface area contributed by atoms with E-state index in [0.717, 1.165) is 6.42 Å². The quantitative estimate of drug-likeness (QED) is 0.645. The van der Waals surface area contributed by atoms with Crippen LogP contribution in [0.2, 0.25) is 0 Å². The van der Waals surface area contributed by atoms with E-state index in [2.05, 4.69) is 0 Å². The van der Waals surface area contributed by atoms with Crippen molar-refractivity contribution in [2.45, 2.75) is 39.0 Å². The Morgan fingerprint density at radius 2 is 1.89 bits per heavy atom. The molecule has 108 valence electrons. The van der Waals surface area contributed by atoms with Crippen LogP contribution in [0, 0.1) is 0 Å². The molecule has 2 N–H and O–H groups in total. The van der Waals surface area contributed by atoms with E-state index in [4.69, 9.17) is 15.2 Å². The summed E-state index contributed by atoms with van der Waals surface area (Å²) < 4.78 is 10.7. The smallest absolute Gasteiger partial charge is 0.358 e. The summed E-state index contributed by atoms with van der Waals surface area (Å²) in [5, 5.41) is 0. The van der Waals surface area contributed by atoms with Gasteiger partial charge in [-0.25, -0.2) is 4.79 Å². The molecule has 0 spiro atoms. The predicted molar refractivity (Wildman–Crippen MR) is 77.0 cm³/mol. The van der Waals surface area contributed by atoms with Gasteiger partial charge < -0.3 is 9.47 Å². The molecule has 0 radical (unpaired) electrons. The van der Waals surface area contributed by atoms with Crippen molar-refractivity contribution in [1.82, 2.24) is 0 Å². The Morgan fingerprint density at radius 1 is 1.32 bits per heavy atom. The SMILES string of the molecule is CCCOC(N)(C(=O)OC(C)C)c1ccccc1.Cl. The lowest BCUT2D eigenvalue weighted by Gasteiger charge is -2.28. The van der Waals surface area contributed by atoms with Gasteiger partial charge in [0.2, 0.25) is 5.72 Å². The summed E-state index contributed by atoms with van der Waals surface area (Å²) >= 11 is 0. The molecule has 1 aromatic rings. The maximum atomic E-state index is 12.1. The van der Waals surface area contributed by atoms with Gasteiger partial charge in [-0.15, -0.1) is 12.4 Å². The summed E-state index contributed by atoms with van der Waals surface area (Å²) in [7, 11) is 0. The highest BCUT2D eigenvalue weighted by Crippen LogP contribution is 2.22. The van der Waals surface area contributed by atoms with E-state index in [1.54, 1.807) is 26.0 Å². The maximum absolute atomic E-state index is 12.1. The average Bonchev–Trinajstić information content (AvgIpc) is 2.36. The second-order valence-corrected chi connectivity index (χ2v) is 4.40. The number of carbonyl (C=O) groups is 1. The molecule has 1 unspecified atom stereocenters. The summed E-state index contributed by atoms with van der Waals surface area (Å²) in [5.74, 6) is -0.558. The molecule has 0 amide bonds. The predicted octanol–water partition coefficient (Wildman–Crippen LogP) is 2.60. The molecule has 0 bridgehead atoms. The standard InChI is InChI=1S/C14H21NO3.ClH/c1-4-10-17-14(15,13(16)18-11(2)3)12-8-6-5-7-9-12;/h5-9,11H,4,10,15H2,1-3H3;1H. The van der Waals surface area contributed by atoms with Gasteiger partial charge in [0.25, 0.3) is 0 Å². The van der Waals surface area contributed by atoms with Gasteiger partial charge in [-0.2, -0.15) is 0 Å². The third kappa shape index (κ3) is 4.82. The monoisotopic (exact) mass is 287 g/mol. The first kappa shape index (κ1) is 17.9. The van der Waals surface area contributed by atoms with Crippen LogP contribution in [-0.4, -0.2) is 18.7 Å². The van der Waals surface area contributed by atoms with Gasteiger partial charge in [-0.1, -0.05) is 37.3 Å². The fourth-order valence-electron chi connectivity index (χ4n) is 1.51. The number of carbonyl (C=O) groups excluding carboxylic acids is 1. The van der Waals surface area contributed by atoms with Crippen LogP contribution in [0.4, 0.5) is 0 Å². The Hall–Kier alpha value is -1.10. The Balaban J connectivity index is 0.00000324. The van der Waals surface area contributed by atoms with Crippen molar-refractivity contribution in [2.75, 3.05) is 6.61 Å². The van der Waals surface area contributed by atoms with E-state index in [9.17, 15) is 4.79 Å². The first-order valence-corrected chi connectivity index (χ1v) is 6.20. The molecule has 1 rings (SSSR count). The van der Waals surface area contributed by atoms with Gasteiger partial charge in [0, 0.05) is 12.2 Å². The molecule has 19 heavy (non-hydrogen) atoms. The van der Waals surface area contributed by atoms with Crippen LogP contribution in [-0.2, 0) is 20.0 Å². The molecule has 4 nitrogen and oxygen atoms in total. The first-order valence-electron chi connectivity index (χ1n) is 6.20. The van der Waals surface area contributed by atoms with Crippen LogP contribution in [0.1, 0.15) is 32.8 Å². The lowest BCUT2D eigenvalue weighted by molar-refractivity contribution is -0.178. The van der Waals surface area contributed by atoms with Crippen molar-refractivity contribution < 1.29 is 14.3 Å². The van der Waals surface area contributed by atoms with Crippen LogP contribution in [0.15, 0.2) is 30.3 Å². The number of ether oxygens (including phenoxy) is 2. The minimum absolute atomic E-state index is 0. The number of benzene rings is 1. The molecule has 1 aromatic carbocycles. The van der Waals surface area contributed by atoms with Crippen molar-refractivity contribution in [3.63, 3.8) is 0 Å². The number of esters is 1. The number of hydrogen-bond acceptors (Lipinski definition) is 4. The zero-order valence-corrected chi connectivity index (χ0v) is 12.4. The van der Waals surface area contributed by atoms with E-state index in [1.807, 2.05) is 25.1 Å². The largest absolute Gasteiger partial charge is 0.460 e. The molecular weight excluding hydrogens is 266 g/mol. The maximum Gasteiger partial charge on any atom is 0.358 e. The summed E-state index contributed by atoms with van der Waals surface area (Å²) in [5.41, 5.74) is 5.18. The normalized spacial score (nSPS) is 13.5. The van der Waals surface area contributed by atoms with Crippen LogP contribution in [0.3, 0.4) is 0 Å². The van der Waals surface area contributed by atoms with Gasteiger partial charge in [-0.3, -0.25) is 5.73 Å². The van der Waals surface area contributed by atoms with Gasteiger partial charge in [0.1, 0.15) is 0 Å². The van der Waals surface area contributed by atoms with Gasteiger partial charge in [0.05, 0.1) is 6.10 Å². The Kier molecular flexibility index (Phi) is 7.68. The highest BCUT2D eigenvalue weighted by atomic mass is 35.5. The van der Waals surface area contributed by atoms with Crippen molar-refractivity contribution in [1.29, 1.82) is 0 Å². The molecule has 0 fully saturated rings. The molecule has 0 aliphatic rings. The molecule has 5 heteroatoms. The van der Waals surface area contributed by atoms with Gasteiger partial charge in [0.15, 0.2) is 0 Å². The summed E-state index contributed by atoms with van der Waals surface area (Å²) in [6.45, 7) is 5.92. The summed E-state index contributed by atoms with van der Waals surface area (Å²) in [4.78, 5) is 12.1. The number of hydrogen-bond donors (Lipinski definition) is 1. The van der Waals surface area contributed by atoms with E-state index in [0.29, 0.717) is 12.2 Å². The number of rotatable bonds is 6. The summed E-state index contributed by atoms with van der Waals surface area (Å²) in [6, 6.07) is 9.01. The molecule has 0 heterocycles. The molecule has 0 aromatic heterocycles. The second-order valence-electron chi connectivity index (χ2n) is 4.40. The van der Waals surface area contributed by atoms with Crippen molar-refractivity contribution in [3.05, 3.63) is 35.9 Å². The van der Waals surface area contributed by atoms with E-state index in [1.165, 1.54) is 0 Å². The number of halogens is 1. The zero-order chi connectivity index (χ0) is 13.6. The molecule has 0 aliphatic carbocycles. The lowest BCUT2D eigenvalue weighted by Crippen LogP contribution is -2.49.